The Bertz CT molecular complexity index is 698. The lowest BCUT2D eigenvalue weighted by Gasteiger charge is -2.29. The Balaban J connectivity index is 4.38. The summed E-state index contributed by atoms with van der Waals surface area (Å²) in [6.07, 6.45) is 24.3. The summed E-state index contributed by atoms with van der Waals surface area (Å²) < 4.78 is 22.8. The van der Waals surface area contributed by atoms with Crippen LogP contribution < -0.4 is 10.2 Å². The van der Waals surface area contributed by atoms with Gasteiger partial charge in [0.1, 0.15) is 13.2 Å². The molecule has 0 saturated heterocycles. The van der Waals surface area contributed by atoms with E-state index in [1.54, 1.807) is 6.08 Å². The Morgan fingerprint density at radius 3 is 1.83 bits per heavy atom. The van der Waals surface area contributed by atoms with Gasteiger partial charge in [-0.3, -0.25) is 9.36 Å². The Morgan fingerprint density at radius 1 is 0.829 bits per heavy atom. The molecule has 0 spiro atoms. The number of allylic oxidation sites excluding steroid dienone is 1. The summed E-state index contributed by atoms with van der Waals surface area (Å²) in [6, 6.07) is -0.874. The number of phosphoric ester groups is 1. The normalized spacial score (nSPS) is 15.2. The van der Waals surface area contributed by atoms with Gasteiger partial charge < -0.3 is 28.8 Å². The van der Waals surface area contributed by atoms with Crippen LogP contribution in [-0.2, 0) is 18.4 Å². The van der Waals surface area contributed by atoms with E-state index in [-0.39, 0.29) is 19.1 Å². The third kappa shape index (κ3) is 27.8. The van der Waals surface area contributed by atoms with Gasteiger partial charge in [0.05, 0.1) is 39.9 Å². The molecule has 0 bridgehead atoms. The summed E-state index contributed by atoms with van der Waals surface area (Å²) in [4.78, 5) is 24.9. The Labute approximate surface area is 252 Å². The topological polar surface area (TPSA) is 108 Å². The third-order valence-corrected chi connectivity index (χ3v) is 8.21. The summed E-state index contributed by atoms with van der Waals surface area (Å²) in [7, 11) is 1.26. The maximum atomic E-state index is 12.6. The van der Waals surface area contributed by atoms with Crippen LogP contribution in [0.5, 0.6) is 0 Å². The van der Waals surface area contributed by atoms with E-state index in [1.165, 1.54) is 70.6 Å². The number of nitrogens with zero attached hydrogens (tertiary/aromatic N) is 1. The monoisotopic (exact) mass is 604 g/mol. The number of rotatable bonds is 29. The third-order valence-electron chi connectivity index (χ3n) is 7.25. The first-order valence-corrected chi connectivity index (χ1v) is 18.0. The minimum absolute atomic E-state index is 0.000311. The van der Waals surface area contributed by atoms with Crippen LogP contribution in [0.15, 0.2) is 12.2 Å². The van der Waals surface area contributed by atoms with Gasteiger partial charge in [-0.2, -0.15) is 0 Å². The molecule has 0 aliphatic carbocycles. The SMILES string of the molecule is CCCCC/C=C/C(O)C(COP(=O)([O-])OCC[N+](C)(C)C)NC(=O)CCCCCCCCCCCCCCCC. The molecule has 0 aromatic carbocycles. The largest absolute Gasteiger partial charge is 0.756 e. The number of hydrogen-bond acceptors (Lipinski definition) is 6. The van der Waals surface area contributed by atoms with E-state index in [2.05, 4.69) is 19.2 Å². The zero-order valence-electron chi connectivity index (χ0n) is 27.2. The number of aliphatic hydroxyl groups excluding tert-OH is 1. The van der Waals surface area contributed by atoms with Crippen LogP contribution in [0.25, 0.3) is 0 Å². The fourth-order valence-electron chi connectivity index (χ4n) is 4.50. The van der Waals surface area contributed by atoms with Gasteiger partial charge >= 0.3 is 0 Å². The summed E-state index contributed by atoms with van der Waals surface area (Å²) in [6.45, 7) is 4.50. The van der Waals surface area contributed by atoms with E-state index in [0.717, 1.165) is 44.9 Å². The highest BCUT2D eigenvalue weighted by atomic mass is 31.2. The van der Waals surface area contributed by atoms with Gasteiger partial charge in [-0.25, -0.2) is 0 Å². The minimum atomic E-state index is -4.56. The van der Waals surface area contributed by atoms with Crippen molar-refractivity contribution in [3.05, 3.63) is 12.2 Å². The first-order valence-electron chi connectivity index (χ1n) is 16.6. The number of nitrogens with one attached hydrogen (secondary N) is 1. The molecule has 3 atom stereocenters. The van der Waals surface area contributed by atoms with Crippen LogP contribution in [-0.4, -0.2) is 68.5 Å². The van der Waals surface area contributed by atoms with Crippen molar-refractivity contribution in [3.8, 4) is 0 Å². The molecule has 9 heteroatoms. The second-order valence-electron chi connectivity index (χ2n) is 12.5. The minimum Gasteiger partial charge on any atom is -0.756 e. The lowest BCUT2D eigenvalue weighted by molar-refractivity contribution is -0.870. The van der Waals surface area contributed by atoms with Gasteiger partial charge in [0, 0.05) is 6.42 Å². The standard InChI is InChI=1S/C32H65N2O6P/c1-6-8-10-12-13-14-15-16-17-18-19-20-22-24-26-32(36)33-30(31(35)25-23-21-11-9-7-2)29-40-41(37,38)39-28-27-34(3,4)5/h23,25,30-31,35H,6-22,24,26-29H2,1-5H3,(H-,33,36,37,38)/b25-23+. The van der Waals surface area contributed by atoms with Crippen molar-refractivity contribution >= 4 is 13.7 Å². The van der Waals surface area contributed by atoms with E-state index >= 15 is 0 Å². The average molecular weight is 605 g/mol. The van der Waals surface area contributed by atoms with Gasteiger partial charge in [0.15, 0.2) is 0 Å². The fraction of sp³-hybridized carbons (Fsp3) is 0.906. The molecule has 0 radical (unpaired) electrons. The number of phosphoric acid groups is 1. The van der Waals surface area contributed by atoms with Gasteiger partial charge in [0.2, 0.25) is 5.91 Å². The van der Waals surface area contributed by atoms with Crippen molar-refractivity contribution in [1.29, 1.82) is 0 Å². The number of hydrogen-bond donors (Lipinski definition) is 2. The van der Waals surface area contributed by atoms with Crippen molar-refractivity contribution in [3.63, 3.8) is 0 Å². The van der Waals surface area contributed by atoms with Crippen molar-refractivity contribution in [2.24, 2.45) is 0 Å². The first-order chi connectivity index (χ1) is 19.5. The molecule has 0 aliphatic heterocycles. The van der Waals surface area contributed by atoms with Gasteiger partial charge in [-0.05, 0) is 19.3 Å². The lowest BCUT2D eigenvalue weighted by atomic mass is 10.0. The van der Waals surface area contributed by atoms with Gasteiger partial charge in [0.25, 0.3) is 7.82 Å². The highest BCUT2D eigenvalue weighted by Gasteiger charge is 2.23. The number of unbranched alkanes of at least 4 members (excludes halogenated alkanes) is 16. The average Bonchev–Trinajstić information content (AvgIpc) is 2.90. The molecule has 0 aromatic rings. The molecule has 0 aliphatic rings. The van der Waals surface area contributed by atoms with Crippen molar-refractivity contribution < 1.29 is 32.9 Å². The first kappa shape index (κ1) is 40.2. The second kappa shape index (κ2) is 25.7. The summed E-state index contributed by atoms with van der Waals surface area (Å²) in [5.41, 5.74) is 0. The highest BCUT2D eigenvalue weighted by Crippen LogP contribution is 2.38. The molecule has 2 N–H and O–H groups in total. The molecule has 1 amide bonds. The van der Waals surface area contributed by atoms with Crippen molar-refractivity contribution in [1.82, 2.24) is 5.32 Å². The Hall–Kier alpha value is -0.760. The van der Waals surface area contributed by atoms with E-state index in [1.807, 2.05) is 27.2 Å². The molecule has 3 unspecified atom stereocenters. The molecule has 244 valence electrons. The molecular weight excluding hydrogens is 539 g/mol. The summed E-state index contributed by atoms with van der Waals surface area (Å²) in [5.74, 6) is -0.206. The molecule has 41 heavy (non-hydrogen) atoms. The molecule has 0 rings (SSSR count). The van der Waals surface area contributed by atoms with Crippen LogP contribution in [0.4, 0.5) is 0 Å². The van der Waals surface area contributed by atoms with Crippen LogP contribution >= 0.6 is 7.82 Å². The van der Waals surface area contributed by atoms with Crippen LogP contribution in [0.3, 0.4) is 0 Å². The number of carbonyl (C=O) groups is 1. The molecule has 0 aromatic heterocycles. The van der Waals surface area contributed by atoms with Crippen LogP contribution in [0, 0.1) is 0 Å². The molecular formula is C32H65N2O6P. The van der Waals surface area contributed by atoms with Gasteiger partial charge in [-0.1, -0.05) is 122 Å². The number of likely N-dealkylation sites (N-methyl/N-ethyl adjacent to an activating group) is 1. The van der Waals surface area contributed by atoms with E-state index < -0.39 is 20.0 Å². The van der Waals surface area contributed by atoms with E-state index in [4.69, 9.17) is 9.05 Å². The van der Waals surface area contributed by atoms with Crippen molar-refractivity contribution in [2.75, 3.05) is 40.9 Å². The second-order valence-corrected chi connectivity index (χ2v) is 13.9. The predicted octanol–water partition coefficient (Wildman–Crippen LogP) is 7.05. The molecule has 0 heterocycles. The molecule has 8 nitrogen and oxygen atoms in total. The van der Waals surface area contributed by atoms with Crippen LogP contribution in [0.2, 0.25) is 0 Å². The number of aliphatic hydroxyl groups is 1. The zero-order valence-corrected chi connectivity index (χ0v) is 28.1. The summed E-state index contributed by atoms with van der Waals surface area (Å²) in [5, 5.41) is 13.5. The van der Waals surface area contributed by atoms with Crippen molar-refractivity contribution in [2.45, 2.75) is 148 Å². The number of quaternary nitrogens is 1. The quantitative estimate of drug-likeness (QED) is 0.0410. The van der Waals surface area contributed by atoms with Crippen LogP contribution in [0.1, 0.15) is 136 Å². The predicted molar refractivity (Wildman–Crippen MR) is 169 cm³/mol. The number of carbonyl (C=O) groups excluding carboxylic acids is 1. The summed E-state index contributed by atoms with van der Waals surface area (Å²) >= 11 is 0. The molecule has 0 saturated carbocycles. The maximum Gasteiger partial charge on any atom is 0.268 e. The molecule has 0 fully saturated rings. The smallest absolute Gasteiger partial charge is 0.268 e. The van der Waals surface area contributed by atoms with E-state index in [9.17, 15) is 19.4 Å². The van der Waals surface area contributed by atoms with E-state index in [0.29, 0.717) is 17.4 Å². The lowest BCUT2D eigenvalue weighted by Crippen LogP contribution is -2.45. The maximum absolute atomic E-state index is 12.6. The fourth-order valence-corrected chi connectivity index (χ4v) is 5.22. The highest BCUT2D eigenvalue weighted by molar-refractivity contribution is 7.45. The zero-order chi connectivity index (χ0) is 30.8. The Kier molecular flexibility index (Phi) is 25.2. The number of amides is 1. The Morgan fingerprint density at radius 2 is 1.32 bits per heavy atom. The van der Waals surface area contributed by atoms with Gasteiger partial charge in [-0.15, -0.1) is 0 Å².